The molecule has 25 heavy (non-hydrogen) atoms. The van der Waals surface area contributed by atoms with E-state index < -0.39 is 15.1 Å². The summed E-state index contributed by atoms with van der Waals surface area (Å²) in [5.74, 6) is 0.529. The molecule has 0 spiro atoms. The van der Waals surface area contributed by atoms with Crippen LogP contribution < -0.4 is 0 Å². The van der Waals surface area contributed by atoms with Gasteiger partial charge in [-0.25, -0.2) is 0 Å². The van der Waals surface area contributed by atoms with E-state index in [1.165, 1.54) is 12.1 Å². The van der Waals surface area contributed by atoms with Crippen LogP contribution in [0.1, 0.15) is 57.4 Å². The third-order valence-corrected chi connectivity index (χ3v) is 6.02. The van der Waals surface area contributed by atoms with E-state index in [-0.39, 0.29) is 0 Å². The number of unbranched alkanes of at least 4 members (excludes halogenated alkanes) is 1. The summed E-state index contributed by atoms with van der Waals surface area (Å²) < 4.78 is 69.3. The maximum Gasteiger partial charge on any atom is 0.310 e. The van der Waals surface area contributed by atoms with E-state index in [4.69, 9.17) is 4.74 Å². The summed E-state index contributed by atoms with van der Waals surface area (Å²) in [6.45, 7) is 2.94. The Hall–Kier alpha value is -0.820. The molecule has 146 valence electrons. The molecule has 0 atom stereocenters. The van der Waals surface area contributed by atoms with Crippen LogP contribution in [0.2, 0.25) is 0 Å². The normalized spacial score (nSPS) is 24.6. The van der Waals surface area contributed by atoms with Gasteiger partial charge in [0, 0.05) is 6.61 Å². The van der Waals surface area contributed by atoms with Crippen molar-refractivity contribution < 1.29 is 24.2 Å². The quantitative estimate of drug-likeness (QED) is 0.329. The molecule has 1 fully saturated rings. The summed E-state index contributed by atoms with van der Waals surface area (Å²) in [4.78, 5) is -1.81. The molecule has 2 rings (SSSR count). The zero-order valence-electron chi connectivity index (χ0n) is 14.5. The topological polar surface area (TPSA) is 9.23 Å². The SMILES string of the molecule is CCCCOC1CCC(CCc2ccc(S(F)(F)(F)(F)F)cc2)CC1. The molecule has 1 saturated carbocycles. The minimum Gasteiger partial charge on any atom is -0.378 e. The van der Waals surface area contributed by atoms with Crippen LogP contribution in [0.5, 0.6) is 0 Å². The van der Waals surface area contributed by atoms with Gasteiger partial charge in [-0.2, -0.15) is 0 Å². The van der Waals surface area contributed by atoms with Gasteiger partial charge in [-0.1, -0.05) is 44.9 Å². The smallest absolute Gasteiger partial charge is 0.310 e. The molecule has 0 N–H and O–H groups in total. The number of rotatable bonds is 8. The molecule has 1 aromatic carbocycles. The molecule has 0 heterocycles. The molecule has 1 aliphatic carbocycles. The van der Waals surface area contributed by atoms with Crippen LogP contribution in [-0.2, 0) is 11.2 Å². The Kier molecular flexibility index (Phi) is 5.79. The highest BCUT2D eigenvalue weighted by molar-refractivity contribution is 8.45. The van der Waals surface area contributed by atoms with Gasteiger partial charge < -0.3 is 4.74 Å². The van der Waals surface area contributed by atoms with Crippen LogP contribution in [0, 0.1) is 5.92 Å². The monoisotopic (exact) mass is 386 g/mol. The van der Waals surface area contributed by atoms with Crippen LogP contribution in [0.4, 0.5) is 19.4 Å². The summed E-state index contributed by atoms with van der Waals surface area (Å²) in [7, 11) is -9.55. The van der Waals surface area contributed by atoms with Gasteiger partial charge in [0.05, 0.1) is 6.10 Å². The molecule has 0 saturated heterocycles. The van der Waals surface area contributed by atoms with Gasteiger partial charge in [0.25, 0.3) is 0 Å². The van der Waals surface area contributed by atoms with Crippen molar-refractivity contribution in [3.8, 4) is 0 Å². The van der Waals surface area contributed by atoms with E-state index in [0.717, 1.165) is 51.6 Å². The Bertz CT molecular complexity index is 547. The maximum atomic E-state index is 12.7. The first kappa shape index (κ1) is 20.5. The highest BCUT2D eigenvalue weighted by Gasteiger charge is 2.65. The Balaban J connectivity index is 1.78. The van der Waals surface area contributed by atoms with Gasteiger partial charge in [0.2, 0.25) is 0 Å². The summed E-state index contributed by atoms with van der Waals surface area (Å²) in [6.07, 6.45) is 8.18. The third-order valence-electron chi connectivity index (χ3n) is 4.86. The lowest BCUT2D eigenvalue weighted by molar-refractivity contribution is 0.0159. The molecule has 7 heteroatoms. The van der Waals surface area contributed by atoms with Crippen molar-refractivity contribution >= 4 is 10.2 Å². The van der Waals surface area contributed by atoms with Crippen molar-refractivity contribution in [2.45, 2.75) is 69.3 Å². The van der Waals surface area contributed by atoms with Crippen LogP contribution in [-0.4, -0.2) is 12.7 Å². The zero-order chi connectivity index (χ0) is 18.6. The van der Waals surface area contributed by atoms with Crippen molar-refractivity contribution in [2.24, 2.45) is 5.92 Å². The molecule has 0 amide bonds. The van der Waals surface area contributed by atoms with Gasteiger partial charge in [-0.3, -0.25) is 0 Å². The van der Waals surface area contributed by atoms with E-state index in [2.05, 4.69) is 6.92 Å². The fourth-order valence-electron chi connectivity index (χ4n) is 3.27. The van der Waals surface area contributed by atoms with Gasteiger partial charge >= 0.3 is 10.2 Å². The first-order valence-corrected chi connectivity index (χ1v) is 10.9. The average molecular weight is 386 g/mol. The predicted octanol–water partition coefficient (Wildman–Crippen LogP) is 7.65. The molecule has 1 aliphatic rings. The Morgan fingerprint density at radius 1 is 0.960 bits per heavy atom. The molecular weight excluding hydrogens is 359 g/mol. The molecule has 1 aromatic rings. The lowest BCUT2D eigenvalue weighted by atomic mass is 9.84. The maximum absolute atomic E-state index is 12.7. The molecule has 1 nitrogen and oxygen atoms in total. The van der Waals surface area contributed by atoms with Crippen LogP contribution in [0.15, 0.2) is 29.2 Å². The van der Waals surface area contributed by atoms with E-state index in [1.54, 1.807) is 0 Å². The van der Waals surface area contributed by atoms with Crippen molar-refractivity contribution in [3.05, 3.63) is 29.8 Å². The van der Waals surface area contributed by atoms with E-state index in [9.17, 15) is 19.4 Å². The Labute approximate surface area is 146 Å². The second kappa shape index (κ2) is 7.06. The first-order chi connectivity index (χ1) is 11.5. The summed E-state index contributed by atoms with van der Waals surface area (Å²) in [6, 6.07) is 3.37. The number of ether oxygens (including phenoxy) is 1. The Morgan fingerprint density at radius 2 is 1.56 bits per heavy atom. The molecule has 0 aromatic heterocycles. The lowest BCUT2D eigenvalue weighted by Gasteiger charge is -2.40. The fourth-order valence-corrected chi connectivity index (χ4v) is 3.92. The van der Waals surface area contributed by atoms with Crippen LogP contribution >= 0.6 is 10.2 Å². The van der Waals surface area contributed by atoms with E-state index in [1.807, 2.05) is 0 Å². The van der Waals surface area contributed by atoms with Gasteiger partial charge in [0.15, 0.2) is 0 Å². The van der Waals surface area contributed by atoms with Crippen LogP contribution in [0.3, 0.4) is 0 Å². The molecule has 0 radical (unpaired) electrons. The number of benzene rings is 1. The molecule has 0 unspecified atom stereocenters. The molecular formula is C18H27F5OS. The highest BCUT2D eigenvalue weighted by Crippen LogP contribution is 3.02. The summed E-state index contributed by atoms with van der Waals surface area (Å²) >= 11 is 0. The average Bonchev–Trinajstić information content (AvgIpc) is 2.53. The molecule has 0 aliphatic heterocycles. The first-order valence-electron chi connectivity index (χ1n) is 8.92. The van der Waals surface area contributed by atoms with Crippen molar-refractivity contribution in [1.29, 1.82) is 0 Å². The Morgan fingerprint density at radius 3 is 2.08 bits per heavy atom. The van der Waals surface area contributed by atoms with Crippen molar-refractivity contribution in [1.82, 2.24) is 0 Å². The lowest BCUT2D eigenvalue weighted by Crippen LogP contribution is -2.22. The minimum atomic E-state index is -9.55. The van der Waals surface area contributed by atoms with E-state index in [0.29, 0.717) is 36.1 Å². The van der Waals surface area contributed by atoms with Crippen molar-refractivity contribution in [3.63, 3.8) is 0 Å². The van der Waals surface area contributed by atoms with Crippen molar-refractivity contribution in [2.75, 3.05) is 6.61 Å². The highest BCUT2D eigenvalue weighted by atomic mass is 32.5. The number of hydrogen-bond donors (Lipinski definition) is 0. The predicted molar refractivity (Wildman–Crippen MR) is 92.8 cm³/mol. The summed E-state index contributed by atoms with van der Waals surface area (Å²) in [5, 5.41) is 0. The zero-order valence-corrected chi connectivity index (χ0v) is 15.4. The second-order valence-electron chi connectivity index (χ2n) is 7.02. The second-order valence-corrected chi connectivity index (χ2v) is 9.43. The standard InChI is InChI=1S/C18H27F5OS/c1-2-3-14-24-17-10-6-15(7-11-17)4-5-16-8-12-18(13-9-16)25(19,20,21,22)23/h8-9,12-13,15,17H,2-7,10-11,14H2,1H3. The fraction of sp³-hybridized carbons (Fsp3) is 0.667. The third kappa shape index (κ3) is 6.77. The summed E-state index contributed by atoms with van der Waals surface area (Å²) in [5.41, 5.74) is 0.673. The largest absolute Gasteiger partial charge is 0.378 e. The van der Waals surface area contributed by atoms with Crippen LogP contribution in [0.25, 0.3) is 0 Å². The number of halogens is 5. The molecule has 0 bridgehead atoms. The van der Waals surface area contributed by atoms with E-state index >= 15 is 0 Å². The van der Waals surface area contributed by atoms with Gasteiger partial charge in [0.1, 0.15) is 4.90 Å². The number of hydrogen-bond acceptors (Lipinski definition) is 1. The van der Waals surface area contributed by atoms with Gasteiger partial charge in [-0.15, -0.1) is 0 Å². The van der Waals surface area contributed by atoms with Gasteiger partial charge in [-0.05, 0) is 68.6 Å². The number of aryl methyl sites for hydroxylation is 1. The minimum absolute atomic E-state index is 0.333.